The second kappa shape index (κ2) is 4.48. The van der Waals surface area contributed by atoms with Gasteiger partial charge in [-0.1, -0.05) is 6.07 Å². The molecule has 0 amide bonds. The van der Waals surface area contributed by atoms with Crippen molar-refractivity contribution in [2.45, 2.75) is 18.0 Å². The van der Waals surface area contributed by atoms with E-state index in [2.05, 4.69) is 10.2 Å². The maximum atomic E-state index is 11.7. The molecule has 0 unspecified atom stereocenters. The Hall–Kier alpha value is -2.09. The Kier molecular flexibility index (Phi) is 2.89. The summed E-state index contributed by atoms with van der Waals surface area (Å²) in [5.41, 5.74) is 7.05. The number of hydrogen-bond acceptors (Lipinski definition) is 6. The van der Waals surface area contributed by atoms with Crippen molar-refractivity contribution in [1.29, 1.82) is 0 Å². The van der Waals surface area contributed by atoms with Crippen LogP contribution in [0.3, 0.4) is 0 Å². The van der Waals surface area contributed by atoms with Crippen molar-refractivity contribution in [1.82, 2.24) is 14.8 Å². The van der Waals surface area contributed by atoms with Crippen LogP contribution < -0.4 is 10.6 Å². The standard InChI is InChI=1S/C12H15N5O2S/c1-20(18,19)10-4-2-3-9(12(10)13)16-5-6-17-8-14-15-11(17)7-16/h2-4,8H,5-7,13H2,1H3. The molecular weight excluding hydrogens is 278 g/mol. The fraction of sp³-hybridized carbons (Fsp3) is 0.333. The summed E-state index contributed by atoms with van der Waals surface area (Å²) in [5.74, 6) is 0.848. The van der Waals surface area contributed by atoms with E-state index in [9.17, 15) is 8.42 Å². The van der Waals surface area contributed by atoms with Gasteiger partial charge in [0.15, 0.2) is 15.7 Å². The van der Waals surface area contributed by atoms with Crippen LogP contribution in [0, 0.1) is 0 Å². The molecule has 0 spiro atoms. The van der Waals surface area contributed by atoms with Gasteiger partial charge in [-0.2, -0.15) is 0 Å². The molecule has 1 aliphatic heterocycles. The van der Waals surface area contributed by atoms with Crippen LogP contribution in [0.4, 0.5) is 11.4 Å². The van der Waals surface area contributed by atoms with Gasteiger partial charge in [0.2, 0.25) is 0 Å². The van der Waals surface area contributed by atoms with Crippen molar-refractivity contribution >= 4 is 21.2 Å². The second-order valence-electron chi connectivity index (χ2n) is 4.82. The van der Waals surface area contributed by atoms with E-state index in [4.69, 9.17) is 5.73 Å². The quantitative estimate of drug-likeness (QED) is 0.799. The van der Waals surface area contributed by atoms with Gasteiger partial charge in [-0.15, -0.1) is 10.2 Å². The van der Waals surface area contributed by atoms with Gasteiger partial charge in [-0.05, 0) is 12.1 Å². The summed E-state index contributed by atoms with van der Waals surface area (Å²) in [6.07, 6.45) is 2.86. The first-order valence-corrected chi connectivity index (χ1v) is 8.06. The summed E-state index contributed by atoms with van der Waals surface area (Å²) >= 11 is 0. The van der Waals surface area contributed by atoms with Gasteiger partial charge < -0.3 is 15.2 Å². The third kappa shape index (κ3) is 2.11. The van der Waals surface area contributed by atoms with Crippen LogP contribution in [-0.4, -0.2) is 36.0 Å². The predicted molar refractivity (Wildman–Crippen MR) is 75.0 cm³/mol. The highest BCUT2D eigenvalue weighted by molar-refractivity contribution is 7.90. The largest absolute Gasteiger partial charge is 0.396 e. The van der Waals surface area contributed by atoms with Gasteiger partial charge in [0, 0.05) is 19.3 Å². The molecule has 2 heterocycles. The lowest BCUT2D eigenvalue weighted by molar-refractivity contribution is 0.560. The van der Waals surface area contributed by atoms with Crippen molar-refractivity contribution in [2.75, 3.05) is 23.4 Å². The Morgan fingerprint density at radius 2 is 2.10 bits per heavy atom. The van der Waals surface area contributed by atoms with E-state index in [1.807, 2.05) is 15.5 Å². The molecule has 0 bridgehead atoms. The number of benzene rings is 1. The highest BCUT2D eigenvalue weighted by atomic mass is 32.2. The Labute approximate surface area is 116 Å². The minimum Gasteiger partial charge on any atom is -0.396 e. The van der Waals surface area contributed by atoms with E-state index in [1.165, 1.54) is 6.07 Å². The number of nitrogens with zero attached hydrogens (tertiary/aromatic N) is 4. The molecule has 0 saturated heterocycles. The third-order valence-electron chi connectivity index (χ3n) is 3.42. The molecule has 1 aromatic heterocycles. The third-order valence-corrected chi connectivity index (χ3v) is 4.58. The highest BCUT2D eigenvalue weighted by Gasteiger charge is 2.22. The van der Waals surface area contributed by atoms with Crippen LogP contribution in [0.25, 0.3) is 0 Å². The zero-order chi connectivity index (χ0) is 14.3. The molecule has 106 valence electrons. The van der Waals surface area contributed by atoms with E-state index >= 15 is 0 Å². The summed E-state index contributed by atoms with van der Waals surface area (Å²) in [4.78, 5) is 2.19. The van der Waals surface area contributed by atoms with Crippen LogP contribution in [0.5, 0.6) is 0 Å². The van der Waals surface area contributed by atoms with Crippen LogP contribution in [0.1, 0.15) is 5.82 Å². The maximum Gasteiger partial charge on any atom is 0.177 e. The maximum absolute atomic E-state index is 11.7. The Morgan fingerprint density at radius 3 is 2.85 bits per heavy atom. The molecule has 0 aliphatic carbocycles. The fourth-order valence-electron chi connectivity index (χ4n) is 2.40. The summed E-state index contributed by atoms with van der Waals surface area (Å²) in [7, 11) is -3.33. The van der Waals surface area contributed by atoms with Crippen molar-refractivity contribution in [3.63, 3.8) is 0 Å². The molecule has 1 aliphatic rings. The van der Waals surface area contributed by atoms with Crippen molar-refractivity contribution in [3.8, 4) is 0 Å². The van der Waals surface area contributed by atoms with Gasteiger partial charge in [0.25, 0.3) is 0 Å². The van der Waals surface area contributed by atoms with Gasteiger partial charge in [-0.25, -0.2) is 8.42 Å². The van der Waals surface area contributed by atoms with Crippen LogP contribution in [-0.2, 0) is 22.9 Å². The molecule has 0 saturated carbocycles. The summed E-state index contributed by atoms with van der Waals surface area (Å²) in [6, 6.07) is 5.07. The zero-order valence-corrected chi connectivity index (χ0v) is 11.8. The van der Waals surface area contributed by atoms with E-state index in [1.54, 1.807) is 12.4 Å². The van der Waals surface area contributed by atoms with Crippen LogP contribution in [0.15, 0.2) is 29.4 Å². The fourth-order valence-corrected chi connectivity index (χ4v) is 3.23. The SMILES string of the molecule is CS(=O)(=O)c1cccc(N2CCn3cnnc3C2)c1N. The van der Waals surface area contributed by atoms with Gasteiger partial charge in [0.05, 0.1) is 22.8 Å². The molecule has 2 aromatic rings. The average molecular weight is 293 g/mol. The smallest absolute Gasteiger partial charge is 0.177 e. The number of nitrogen functional groups attached to an aromatic ring is 1. The molecule has 20 heavy (non-hydrogen) atoms. The monoisotopic (exact) mass is 293 g/mol. The number of sulfone groups is 1. The van der Waals surface area contributed by atoms with Gasteiger partial charge in [0.1, 0.15) is 6.33 Å². The number of hydrogen-bond donors (Lipinski definition) is 1. The molecule has 3 rings (SSSR count). The Morgan fingerprint density at radius 1 is 1.30 bits per heavy atom. The first-order valence-electron chi connectivity index (χ1n) is 6.17. The second-order valence-corrected chi connectivity index (χ2v) is 6.81. The summed E-state index contributed by atoms with van der Waals surface area (Å²) in [5, 5.41) is 7.92. The predicted octanol–water partition coefficient (Wildman–Crippen LogP) is 0.284. The summed E-state index contributed by atoms with van der Waals surface area (Å²) < 4.78 is 25.4. The lowest BCUT2D eigenvalue weighted by Gasteiger charge is -2.30. The van der Waals surface area contributed by atoms with E-state index in [-0.39, 0.29) is 4.90 Å². The van der Waals surface area contributed by atoms with Gasteiger partial charge >= 0.3 is 0 Å². The van der Waals surface area contributed by atoms with Crippen molar-refractivity contribution in [2.24, 2.45) is 0 Å². The van der Waals surface area contributed by atoms with Crippen LogP contribution in [0.2, 0.25) is 0 Å². The number of aromatic nitrogens is 3. The van der Waals surface area contributed by atoms with E-state index < -0.39 is 9.84 Å². The highest BCUT2D eigenvalue weighted by Crippen LogP contribution is 2.31. The average Bonchev–Trinajstić information content (AvgIpc) is 2.84. The molecule has 7 nitrogen and oxygen atoms in total. The Balaban J connectivity index is 2.00. The normalized spacial score (nSPS) is 15.2. The number of para-hydroxylation sites is 1. The lowest BCUT2D eigenvalue weighted by Crippen LogP contribution is -2.34. The van der Waals surface area contributed by atoms with Gasteiger partial charge in [-0.3, -0.25) is 0 Å². The first kappa shape index (κ1) is 12.9. The molecule has 1 aromatic carbocycles. The van der Waals surface area contributed by atoms with E-state index in [0.717, 1.165) is 30.9 Å². The van der Waals surface area contributed by atoms with Crippen LogP contribution >= 0.6 is 0 Å². The van der Waals surface area contributed by atoms with E-state index in [0.29, 0.717) is 12.2 Å². The number of fused-ring (bicyclic) bond motifs is 1. The molecule has 2 N–H and O–H groups in total. The summed E-state index contributed by atoms with van der Waals surface area (Å²) in [6.45, 7) is 2.06. The minimum atomic E-state index is -3.33. The zero-order valence-electron chi connectivity index (χ0n) is 11.0. The topological polar surface area (TPSA) is 94.1 Å². The molecule has 8 heteroatoms. The van der Waals surface area contributed by atoms with Crippen molar-refractivity contribution < 1.29 is 8.42 Å². The molecule has 0 radical (unpaired) electrons. The Bertz CT molecular complexity index is 753. The number of nitrogens with two attached hydrogens (primary N) is 1. The molecular formula is C12H15N5O2S. The molecule has 0 fully saturated rings. The minimum absolute atomic E-state index is 0.169. The number of rotatable bonds is 2. The first-order chi connectivity index (χ1) is 9.47. The lowest BCUT2D eigenvalue weighted by atomic mass is 10.2. The number of anilines is 2. The van der Waals surface area contributed by atoms with Crippen molar-refractivity contribution in [3.05, 3.63) is 30.4 Å². The molecule has 0 atom stereocenters.